The van der Waals surface area contributed by atoms with Crippen LogP contribution in [0.1, 0.15) is 19.4 Å². The molecule has 0 N–H and O–H groups in total. The number of rotatable bonds is 5. The molecule has 4 aromatic carbocycles. The Morgan fingerprint density at radius 1 is 0.698 bits per heavy atom. The monoisotopic (exact) mass is 736 g/mol. The summed E-state index contributed by atoms with van der Waals surface area (Å²) in [5.41, 5.74) is 10.2. The van der Waals surface area contributed by atoms with Gasteiger partial charge >= 0.3 is 0 Å². The maximum atomic E-state index is 4.55. The average molecular weight is 736 g/mol. The van der Waals surface area contributed by atoms with Crippen molar-refractivity contribution in [2.24, 2.45) is 5.92 Å². The van der Waals surface area contributed by atoms with Crippen LogP contribution in [0.5, 0.6) is 0 Å². The van der Waals surface area contributed by atoms with E-state index in [0.717, 1.165) is 29.1 Å². The van der Waals surface area contributed by atoms with E-state index in [0.29, 0.717) is 5.92 Å². The SMILES string of the molecule is CC(C)Cn1c2ccccc2c2c[c-]c(-c3ccccn3)cc21.Cc1cc(-c2[c-]cccc2)ncc1-c1ccccc1.[Ir]. The maximum Gasteiger partial charge on any atom is 0.0383 e. The van der Waals surface area contributed by atoms with E-state index in [-0.39, 0.29) is 20.1 Å². The van der Waals surface area contributed by atoms with Gasteiger partial charge in [-0.1, -0.05) is 86.0 Å². The minimum atomic E-state index is 0. The number of pyridine rings is 2. The van der Waals surface area contributed by atoms with Crippen LogP contribution in [-0.2, 0) is 26.7 Å². The number of hydrogen-bond donors (Lipinski definition) is 0. The van der Waals surface area contributed by atoms with E-state index >= 15 is 0 Å². The Kier molecular flexibility index (Phi) is 9.61. The molecule has 3 aromatic heterocycles. The summed E-state index contributed by atoms with van der Waals surface area (Å²) < 4.78 is 2.43. The first kappa shape index (κ1) is 30.1. The standard InChI is InChI=1S/C21H19N2.C18H14N.Ir/c1-15(2)14-23-20-9-4-3-7-17(20)18-11-10-16(13-21(18)23)19-8-5-6-12-22-19;1-14-12-18(16-10-6-3-7-11-16)19-13-17(14)15-8-4-2-5-9-15;/h3-9,11-13,15H,14H2,1-2H3;2-10,12-13H,1H3;/q2*-1;. The number of aromatic nitrogens is 3. The van der Waals surface area contributed by atoms with Gasteiger partial charge in [0.25, 0.3) is 0 Å². The Labute approximate surface area is 267 Å². The first-order chi connectivity index (χ1) is 20.6. The molecule has 215 valence electrons. The molecule has 0 aliphatic carbocycles. The van der Waals surface area contributed by atoms with E-state index in [1.165, 1.54) is 38.5 Å². The molecular weight excluding hydrogens is 703 g/mol. The second kappa shape index (κ2) is 13.7. The zero-order valence-corrected chi connectivity index (χ0v) is 27.0. The van der Waals surface area contributed by atoms with E-state index in [1.54, 1.807) is 0 Å². The second-order valence-corrected chi connectivity index (χ2v) is 10.9. The molecule has 0 unspecified atom stereocenters. The zero-order chi connectivity index (χ0) is 28.9. The van der Waals surface area contributed by atoms with Gasteiger partial charge in [-0.3, -0.25) is 0 Å². The van der Waals surface area contributed by atoms with Gasteiger partial charge in [0.05, 0.1) is 0 Å². The van der Waals surface area contributed by atoms with Crippen molar-refractivity contribution in [3.63, 3.8) is 0 Å². The summed E-state index contributed by atoms with van der Waals surface area (Å²) in [4.78, 5) is 9.01. The van der Waals surface area contributed by atoms with Crippen molar-refractivity contribution in [2.75, 3.05) is 0 Å². The van der Waals surface area contributed by atoms with E-state index in [9.17, 15) is 0 Å². The number of nitrogens with zero attached hydrogens (tertiary/aromatic N) is 3. The van der Waals surface area contributed by atoms with Crippen molar-refractivity contribution in [1.29, 1.82) is 0 Å². The van der Waals surface area contributed by atoms with Crippen LogP contribution in [0.4, 0.5) is 0 Å². The maximum absolute atomic E-state index is 4.55. The fourth-order valence-electron chi connectivity index (χ4n) is 5.39. The van der Waals surface area contributed by atoms with Crippen molar-refractivity contribution in [3.8, 4) is 33.6 Å². The van der Waals surface area contributed by atoms with Gasteiger partial charge in [-0.15, -0.1) is 59.7 Å². The van der Waals surface area contributed by atoms with Crippen LogP contribution in [0.3, 0.4) is 0 Å². The summed E-state index contributed by atoms with van der Waals surface area (Å²) in [6, 6.07) is 46.0. The van der Waals surface area contributed by atoms with Gasteiger partial charge in [-0.05, 0) is 58.4 Å². The summed E-state index contributed by atoms with van der Waals surface area (Å²) in [6.45, 7) is 7.65. The van der Waals surface area contributed by atoms with Crippen LogP contribution in [-0.4, -0.2) is 14.5 Å². The van der Waals surface area contributed by atoms with E-state index in [2.05, 4.69) is 102 Å². The van der Waals surface area contributed by atoms with Gasteiger partial charge in [0.2, 0.25) is 0 Å². The smallest absolute Gasteiger partial charge is 0.0383 e. The number of para-hydroxylation sites is 1. The van der Waals surface area contributed by atoms with E-state index < -0.39 is 0 Å². The van der Waals surface area contributed by atoms with Crippen LogP contribution in [0, 0.1) is 25.0 Å². The molecule has 3 nitrogen and oxygen atoms in total. The van der Waals surface area contributed by atoms with E-state index in [4.69, 9.17) is 0 Å². The predicted octanol–water partition coefficient (Wildman–Crippen LogP) is 9.83. The Hall–Kier alpha value is -4.37. The fourth-order valence-corrected chi connectivity index (χ4v) is 5.39. The molecule has 0 aliphatic heterocycles. The van der Waals surface area contributed by atoms with Crippen LogP contribution in [0.15, 0.2) is 128 Å². The van der Waals surface area contributed by atoms with Crippen molar-refractivity contribution in [3.05, 3.63) is 145 Å². The molecule has 0 bridgehead atoms. The van der Waals surface area contributed by atoms with E-state index in [1.807, 2.05) is 73.1 Å². The van der Waals surface area contributed by atoms with Gasteiger partial charge in [-0.25, -0.2) is 0 Å². The Morgan fingerprint density at radius 3 is 2.19 bits per heavy atom. The molecule has 0 saturated carbocycles. The first-order valence-electron chi connectivity index (χ1n) is 14.4. The topological polar surface area (TPSA) is 30.7 Å². The first-order valence-corrected chi connectivity index (χ1v) is 14.4. The van der Waals surface area contributed by atoms with Crippen molar-refractivity contribution in [2.45, 2.75) is 27.3 Å². The Morgan fingerprint density at radius 2 is 1.47 bits per heavy atom. The van der Waals surface area contributed by atoms with Crippen LogP contribution in [0.25, 0.3) is 55.4 Å². The van der Waals surface area contributed by atoms with Crippen molar-refractivity contribution in [1.82, 2.24) is 14.5 Å². The second-order valence-electron chi connectivity index (χ2n) is 10.9. The van der Waals surface area contributed by atoms with Gasteiger partial charge in [0.15, 0.2) is 0 Å². The Balaban J connectivity index is 0.000000170. The molecule has 0 atom stereocenters. The number of hydrogen-bond acceptors (Lipinski definition) is 2. The predicted molar refractivity (Wildman–Crippen MR) is 175 cm³/mol. The summed E-state index contributed by atoms with van der Waals surface area (Å²) in [6.07, 6.45) is 3.78. The van der Waals surface area contributed by atoms with Crippen LogP contribution in [0.2, 0.25) is 0 Å². The third-order valence-electron chi connectivity index (χ3n) is 7.37. The molecule has 0 aliphatic rings. The van der Waals surface area contributed by atoms with Crippen LogP contribution >= 0.6 is 0 Å². The molecule has 7 aromatic rings. The third kappa shape index (κ3) is 6.67. The van der Waals surface area contributed by atoms with Gasteiger partial charge in [0.1, 0.15) is 0 Å². The Bertz CT molecular complexity index is 1930. The molecule has 1 radical (unpaired) electrons. The van der Waals surface area contributed by atoms with Gasteiger partial charge in [0, 0.05) is 50.1 Å². The van der Waals surface area contributed by atoms with Crippen molar-refractivity contribution < 1.29 is 20.1 Å². The largest absolute Gasteiger partial charge is 0.358 e. The fraction of sp³-hybridized carbons (Fsp3) is 0.128. The third-order valence-corrected chi connectivity index (χ3v) is 7.37. The molecule has 0 saturated heterocycles. The molecule has 0 fully saturated rings. The number of aryl methyl sites for hydroxylation is 1. The van der Waals surface area contributed by atoms with Crippen LogP contribution < -0.4 is 0 Å². The van der Waals surface area contributed by atoms with Gasteiger partial charge < -0.3 is 14.5 Å². The number of benzene rings is 4. The average Bonchev–Trinajstić information content (AvgIpc) is 3.35. The van der Waals surface area contributed by atoms with Crippen molar-refractivity contribution >= 4 is 21.8 Å². The summed E-state index contributed by atoms with van der Waals surface area (Å²) in [5.74, 6) is 0.594. The minimum Gasteiger partial charge on any atom is -0.358 e. The minimum absolute atomic E-state index is 0. The summed E-state index contributed by atoms with van der Waals surface area (Å²) in [5, 5.41) is 2.56. The molecule has 0 spiro atoms. The molecule has 0 amide bonds. The molecule has 43 heavy (non-hydrogen) atoms. The molecule has 4 heteroatoms. The molecule has 3 heterocycles. The van der Waals surface area contributed by atoms with Gasteiger partial charge in [-0.2, -0.15) is 0 Å². The molecular formula is C39H33IrN3-2. The quantitative estimate of drug-likeness (QED) is 0.165. The molecule has 7 rings (SSSR count). The normalized spacial score (nSPS) is 10.8. The summed E-state index contributed by atoms with van der Waals surface area (Å²) in [7, 11) is 0. The number of fused-ring (bicyclic) bond motifs is 3. The summed E-state index contributed by atoms with van der Waals surface area (Å²) >= 11 is 0. The zero-order valence-electron chi connectivity index (χ0n) is 24.6.